The van der Waals surface area contributed by atoms with E-state index in [1.165, 1.54) is 4.57 Å². The predicted octanol–water partition coefficient (Wildman–Crippen LogP) is 0.229. The number of morpholine rings is 1. The number of carbonyl (C=O) groups is 1. The van der Waals surface area contributed by atoms with Crippen LogP contribution in [0.3, 0.4) is 0 Å². The van der Waals surface area contributed by atoms with Crippen LogP contribution in [0.5, 0.6) is 0 Å². The maximum atomic E-state index is 12.8. The molecule has 1 aliphatic heterocycles. The van der Waals surface area contributed by atoms with E-state index in [9.17, 15) is 18.0 Å². The van der Waals surface area contributed by atoms with Crippen LogP contribution >= 0.6 is 0 Å². The van der Waals surface area contributed by atoms with Gasteiger partial charge in [-0.2, -0.15) is 3.97 Å². The molecule has 0 spiro atoms. The summed E-state index contributed by atoms with van der Waals surface area (Å²) in [6, 6.07) is 6.63. The molecule has 29 heavy (non-hydrogen) atoms. The van der Waals surface area contributed by atoms with Gasteiger partial charge >= 0.3 is 5.69 Å². The van der Waals surface area contributed by atoms with Crippen molar-refractivity contribution < 1.29 is 17.9 Å². The van der Waals surface area contributed by atoms with E-state index in [2.05, 4.69) is 10.2 Å². The predicted molar refractivity (Wildman–Crippen MR) is 111 cm³/mol. The van der Waals surface area contributed by atoms with Crippen LogP contribution in [-0.4, -0.2) is 72.9 Å². The summed E-state index contributed by atoms with van der Waals surface area (Å²) < 4.78 is 32.5. The molecule has 0 aliphatic carbocycles. The zero-order valence-electron chi connectivity index (χ0n) is 16.7. The topological polar surface area (TPSA) is 103 Å². The molecule has 1 amide bonds. The monoisotopic (exact) mass is 424 g/mol. The second-order valence-corrected chi connectivity index (χ2v) is 9.03. The molecule has 2 heterocycles. The fourth-order valence-corrected chi connectivity index (χ4v) is 4.99. The van der Waals surface area contributed by atoms with Crippen molar-refractivity contribution in [2.45, 2.75) is 26.3 Å². The minimum atomic E-state index is -3.78. The van der Waals surface area contributed by atoms with Gasteiger partial charge in [-0.15, -0.1) is 0 Å². The van der Waals surface area contributed by atoms with E-state index in [0.717, 1.165) is 43.2 Å². The van der Waals surface area contributed by atoms with E-state index in [4.69, 9.17) is 4.74 Å². The molecule has 1 aliphatic rings. The molecule has 9 nitrogen and oxygen atoms in total. The fourth-order valence-electron chi connectivity index (χ4n) is 3.51. The number of hydrogen-bond donors (Lipinski definition) is 1. The standard InChI is InChI=1S/C19H28N4O5S/c1-2-14-29(26,27)23-17-7-4-3-6-16(17)22(19(23)25)15-18(24)20-8-5-9-21-10-12-28-13-11-21/h3-4,6-7H,2,5,8-15H2,1H3,(H,20,24). The first kappa shape index (κ1) is 21.5. The van der Waals surface area contributed by atoms with Crippen molar-refractivity contribution in [1.29, 1.82) is 0 Å². The third-order valence-electron chi connectivity index (χ3n) is 4.91. The highest BCUT2D eigenvalue weighted by Crippen LogP contribution is 2.15. The fraction of sp³-hybridized carbons (Fsp3) is 0.579. The lowest BCUT2D eigenvalue weighted by Crippen LogP contribution is -2.39. The molecule has 1 aromatic carbocycles. The summed E-state index contributed by atoms with van der Waals surface area (Å²) in [5, 5.41) is 2.82. The second-order valence-electron chi connectivity index (χ2n) is 7.10. The van der Waals surface area contributed by atoms with Crippen molar-refractivity contribution in [3.05, 3.63) is 34.7 Å². The molecule has 0 radical (unpaired) electrons. The summed E-state index contributed by atoms with van der Waals surface area (Å²) in [7, 11) is -3.78. The van der Waals surface area contributed by atoms with Crippen LogP contribution in [0, 0.1) is 0 Å². The first-order valence-corrected chi connectivity index (χ1v) is 11.6. The Bertz CT molecular complexity index is 1010. The molecule has 0 bridgehead atoms. The van der Waals surface area contributed by atoms with Crippen molar-refractivity contribution >= 4 is 27.0 Å². The summed E-state index contributed by atoms with van der Waals surface area (Å²) in [6.45, 7) is 6.16. The number of para-hydroxylation sites is 2. The van der Waals surface area contributed by atoms with E-state index < -0.39 is 15.7 Å². The Kier molecular flexibility index (Phi) is 7.09. The first-order chi connectivity index (χ1) is 13.9. The first-order valence-electron chi connectivity index (χ1n) is 9.94. The molecule has 1 N–H and O–H groups in total. The number of nitrogens with one attached hydrogen (secondary N) is 1. The van der Waals surface area contributed by atoms with Gasteiger partial charge in [0.2, 0.25) is 15.9 Å². The van der Waals surface area contributed by atoms with Crippen LogP contribution < -0.4 is 11.0 Å². The number of imidazole rings is 1. The number of aromatic nitrogens is 2. The van der Waals surface area contributed by atoms with E-state index >= 15 is 0 Å². The lowest BCUT2D eigenvalue weighted by atomic mass is 10.3. The summed E-state index contributed by atoms with van der Waals surface area (Å²) in [6.07, 6.45) is 1.20. The van der Waals surface area contributed by atoms with E-state index in [1.54, 1.807) is 31.2 Å². The van der Waals surface area contributed by atoms with Gasteiger partial charge in [0, 0.05) is 19.6 Å². The second kappa shape index (κ2) is 9.55. The molecule has 0 saturated carbocycles. The van der Waals surface area contributed by atoms with E-state index in [-0.39, 0.29) is 18.2 Å². The molecule has 3 rings (SSSR count). The van der Waals surface area contributed by atoms with Gasteiger partial charge in [-0.25, -0.2) is 13.2 Å². The highest BCUT2D eigenvalue weighted by Gasteiger charge is 2.23. The van der Waals surface area contributed by atoms with Crippen molar-refractivity contribution in [3.8, 4) is 0 Å². The van der Waals surface area contributed by atoms with Gasteiger partial charge in [0.25, 0.3) is 0 Å². The Morgan fingerprint density at radius 2 is 1.86 bits per heavy atom. The quantitative estimate of drug-likeness (QED) is 0.578. The number of hydrogen-bond acceptors (Lipinski definition) is 6. The summed E-state index contributed by atoms with van der Waals surface area (Å²) in [4.78, 5) is 27.5. The van der Waals surface area contributed by atoms with Gasteiger partial charge in [-0.1, -0.05) is 19.1 Å². The van der Waals surface area contributed by atoms with Crippen molar-refractivity contribution in [2.75, 3.05) is 45.1 Å². The van der Waals surface area contributed by atoms with E-state index in [1.807, 2.05) is 0 Å². The zero-order chi connectivity index (χ0) is 20.9. The molecule has 0 atom stereocenters. The average molecular weight is 425 g/mol. The normalized spacial score (nSPS) is 15.6. The summed E-state index contributed by atoms with van der Waals surface area (Å²) >= 11 is 0. The Hall–Kier alpha value is -2.17. The van der Waals surface area contributed by atoms with Crippen molar-refractivity contribution in [1.82, 2.24) is 18.8 Å². The van der Waals surface area contributed by atoms with Crippen molar-refractivity contribution in [3.63, 3.8) is 0 Å². The minimum Gasteiger partial charge on any atom is -0.379 e. The molecule has 0 unspecified atom stereocenters. The Morgan fingerprint density at radius 1 is 1.17 bits per heavy atom. The lowest BCUT2D eigenvalue weighted by Gasteiger charge is -2.26. The number of rotatable bonds is 9. The molecule has 2 aromatic rings. The largest absolute Gasteiger partial charge is 0.379 e. The van der Waals surface area contributed by atoms with Gasteiger partial charge in [-0.3, -0.25) is 14.3 Å². The lowest BCUT2D eigenvalue weighted by molar-refractivity contribution is -0.121. The number of ether oxygens (including phenoxy) is 1. The Balaban J connectivity index is 1.69. The molecule has 1 aromatic heterocycles. The van der Waals surface area contributed by atoms with Crippen molar-refractivity contribution in [2.24, 2.45) is 0 Å². The van der Waals surface area contributed by atoms with Crippen LogP contribution in [0.1, 0.15) is 19.8 Å². The zero-order valence-corrected chi connectivity index (χ0v) is 17.5. The van der Waals surface area contributed by atoms with Gasteiger partial charge in [-0.05, 0) is 31.5 Å². The highest BCUT2D eigenvalue weighted by atomic mass is 32.2. The Morgan fingerprint density at radius 3 is 2.55 bits per heavy atom. The van der Waals surface area contributed by atoms with Gasteiger partial charge < -0.3 is 10.1 Å². The molecule has 10 heteroatoms. The van der Waals surface area contributed by atoms with Crippen LogP contribution in [0.25, 0.3) is 11.0 Å². The van der Waals surface area contributed by atoms with E-state index in [0.29, 0.717) is 24.0 Å². The molecular formula is C19H28N4O5S. The number of benzene rings is 1. The number of amides is 1. The maximum absolute atomic E-state index is 12.8. The molecular weight excluding hydrogens is 396 g/mol. The number of nitrogens with zero attached hydrogens (tertiary/aromatic N) is 3. The number of carbonyl (C=O) groups excluding carboxylic acids is 1. The smallest absolute Gasteiger partial charge is 0.343 e. The molecule has 1 saturated heterocycles. The molecule has 1 fully saturated rings. The average Bonchev–Trinajstić information content (AvgIpc) is 2.98. The third kappa shape index (κ3) is 5.06. The van der Waals surface area contributed by atoms with Crippen LogP contribution in [-0.2, 0) is 26.1 Å². The van der Waals surface area contributed by atoms with Crippen LogP contribution in [0.4, 0.5) is 0 Å². The number of fused-ring (bicyclic) bond motifs is 1. The third-order valence-corrected chi connectivity index (χ3v) is 6.75. The van der Waals surface area contributed by atoms with Gasteiger partial charge in [0.05, 0.1) is 30.0 Å². The van der Waals surface area contributed by atoms with Gasteiger partial charge in [0.1, 0.15) is 6.54 Å². The SMILES string of the molecule is CCCS(=O)(=O)n1c(=O)n(CC(=O)NCCCN2CCOCC2)c2ccccc21. The van der Waals surface area contributed by atoms with Crippen LogP contribution in [0.15, 0.2) is 29.1 Å². The minimum absolute atomic E-state index is 0.130. The van der Waals surface area contributed by atoms with Crippen LogP contribution in [0.2, 0.25) is 0 Å². The Labute approximate surface area is 170 Å². The van der Waals surface area contributed by atoms with Gasteiger partial charge in [0.15, 0.2) is 0 Å². The summed E-state index contributed by atoms with van der Waals surface area (Å²) in [5.41, 5.74) is 0.0230. The highest BCUT2D eigenvalue weighted by molar-refractivity contribution is 7.90. The molecule has 160 valence electrons. The maximum Gasteiger partial charge on any atom is 0.343 e. The summed E-state index contributed by atoms with van der Waals surface area (Å²) in [5.74, 6) is -0.445.